The highest BCUT2D eigenvalue weighted by molar-refractivity contribution is 5.01. The van der Waals surface area contributed by atoms with Gasteiger partial charge in [0.2, 0.25) is 0 Å². The predicted octanol–water partition coefficient (Wildman–Crippen LogP) is 0.425. The van der Waals surface area contributed by atoms with Crippen LogP contribution in [0.2, 0.25) is 0 Å². The Morgan fingerprint density at radius 3 is 2.89 bits per heavy atom. The van der Waals surface area contributed by atoms with Gasteiger partial charge < -0.3 is 5.32 Å². The zero-order valence-corrected chi connectivity index (χ0v) is 5.23. The van der Waals surface area contributed by atoms with Crippen molar-refractivity contribution in [2.75, 3.05) is 19.8 Å². The molecule has 1 saturated heterocycles. The van der Waals surface area contributed by atoms with Gasteiger partial charge in [0, 0.05) is 24.9 Å². The maximum Gasteiger partial charge on any atom is 0.0947 e. The molecule has 0 aliphatic carbocycles. The Kier molecular flexibility index (Phi) is 2.07. The van der Waals surface area contributed by atoms with Crippen molar-refractivity contribution < 1.29 is 4.39 Å². The van der Waals surface area contributed by atoms with E-state index in [1.165, 1.54) is 0 Å². The first-order valence-electron chi connectivity index (χ1n) is 3.11. The number of terminal acetylenes is 1. The molecule has 1 N–H and O–H groups in total. The Morgan fingerprint density at radius 2 is 2.44 bits per heavy atom. The summed E-state index contributed by atoms with van der Waals surface area (Å²) in [6, 6.07) is 0. The smallest absolute Gasteiger partial charge is 0.0947 e. The third-order valence-corrected chi connectivity index (χ3v) is 1.75. The Balaban J connectivity index is 2.44. The van der Waals surface area contributed by atoms with Gasteiger partial charge in [-0.05, 0) is 0 Å². The topological polar surface area (TPSA) is 12.0 Å². The summed E-state index contributed by atoms with van der Waals surface area (Å²) in [5.41, 5.74) is 0. The summed E-state index contributed by atoms with van der Waals surface area (Å²) >= 11 is 0. The number of rotatable bonds is 1. The minimum Gasteiger partial charge on any atom is -0.315 e. The van der Waals surface area contributed by atoms with Crippen LogP contribution in [-0.4, -0.2) is 19.8 Å². The largest absolute Gasteiger partial charge is 0.315 e. The molecular formula is C7H10FN. The molecule has 1 rings (SSSR count). The van der Waals surface area contributed by atoms with Crippen LogP contribution in [0.5, 0.6) is 0 Å². The fourth-order valence-electron chi connectivity index (χ4n) is 1.09. The molecular weight excluding hydrogens is 117 g/mol. The standard InChI is InChI=1S/C7H10FN/c1-2-6-4-9-5-7(6)3-8/h1,6-7,9H,3-5H2/t6-,7+/m1/s1. The molecule has 0 spiro atoms. The molecule has 0 aromatic heterocycles. The second-order valence-corrected chi connectivity index (χ2v) is 2.35. The first-order valence-corrected chi connectivity index (χ1v) is 3.11. The zero-order chi connectivity index (χ0) is 6.69. The zero-order valence-electron chi connectivity index (χ0n) is 5.23. The average Bonchev–Trinajstić information content (AvgIpc) is 2.33. The molecule has 50 valence electrons. The second kappa shape index (κ2) is 2.84. The maximum absolute atomic E-state index is 12.0. The van der Waals surface area contributed by atoms with Crippen LogP contribution in [0.25, 0.3) is 0 Å². The minimum atomic E-state index is -0.290. The highest BCUT2D eigenvalue weighted by atomic mass is 19.1. The predicted molar refractivity (Wildman–Crippen MR) is 34.7 cm³/mol. The van der Waals surface area contributed by atoms with E-state index in [1.807, 2.05) is 0 Å². The summed E-state index contributed by atoms with van der Waals surface area (Å²) in [4.78, 5) is 0. The monoisotopic (exact) mass is 127 g/mol. The Bertz CT molecular complexity index is 127. The Morgan fingerprint density at radius 1 is 1.67 bits per heavy atom. The second-order valence-electron chi connectivity index (χ2n) is 2.35. The SMILES string of the molecule is C#C[C@@H]1CNC[C@@H]1CF. The van der Waals surface area contributed by atoms with Crippen LogP contribution in [-0.2, 0) is 0 Å². The lowest BCUT2D eigenvalue weighted by atomic mass is 9.99. The summed E-state index contributed by atoms with van der Waals surface area (Å²) in [5, 5.41) is 3.04. The average molecular weight is 127 g/mol. The molecule has 0 unspecified atom stereocenters. The van der Waals surface area contributed by atoms with Gasteiger partial charge in [-0.2, -0.15) is 0 Å². The van der Waals surface area contributed by atoms with Crippen molar-refractivity contribution in [1.29, 1.82) is 0 Å². The van der Waals surface area contributed by atoms with E-state index in [0.717, 1.165) is 13.1 Å². The van der Waals surface area contributed by atoms with Crippen molar-refractivity contribution in [3.8, 4) is 12.3 Å². The lowest BCUT2D eigenvalue weighted by Gasteiger charge is -2.05. The highest BCUT2D eigenvalue weighted by Gasteiger charge is 2.24. The Hall–Kier alpha value is -0.550. The van der Waals surface area contributed by atoms with E-state index in [-0.39, 0.29) is 18.5 Å². The molecule has 0 aromatic carbocycles. The van der Waals surface area contributed by atoms with Gasteiger partial charge in [-0.3, -0.25) is 4.39 Å². The van der Waals surface area contributed by atoms with Crippen LogP contribution in [0.4, 0.5) is 4.39 Å². The van der Waals surface area contributed by atoms with Gasteiger partial charge in [0.1, 0.15) is 0 Å². The maximum atomic E-state index is 12.0. The summed E-state index contributed by atoms with van der Waals surface area (Å²) < 4.78 is 12.0. The van der Waals surface area contributed by atoms with Crippen LogP contribution in [0.1, 0.15) is 0 Å². The Labute approximate surface area is 54.6 Å². The molecule has 0 aromatic rings. The number of alkyl halides is 1. The van der Waals surface area contributed by atoms with E-state index in [1.54, 1.807) is 0 Å². The molecule has 1 aliphatic heterocycles. The van der Waals surface area contributed by atoms with Gasteiger partial charge in [-0.1, -0.05) is 0 Å². The number of halogens is 1. The van der Waals surface area contributed by atoms with Gasteiger partial charge in [0.15, 0.2) is 0 Å². The van der Waals surface area contributed by atoms with E-state index in [2.05, 4.69) is 11.2 Å². The van der Waals surface area contributed by atoms with Crippen molar-refractivity contribution in [3.05, 3.63) is 0 Å². The number of hydrogen-bond donors (Lipinski definition) is 1. The van der Waals surface area contributed by atoms with E-state index < -0.39 is 0 Å². The van der Waals surface area contributed by atoms with Crippen LogP contribution >= 0.6 is 0 Å². The van der Waals surface area contributed by atoms with Crippen LogP contribution < -0.4 is 5.32 Å². The summed E-state index contributed by atoms with van der Waals surface area (Å²) in [6.07, 6.45) is 5.14. The highest BCUT2D eigenvalue weighted by Crippen LogP contribution is 2.15. The van der Waals surface area contributed by atoms with Crippen LogP contribution in [0.3, 0.4) is 0 Å². The molecule has 9 heavy (non-hydrogen) atoms. The van der Waals surface area contributed by atoms with Gasteiger partial charge in [-0.15, -0.1) is 12.3 Å². The molecule has 0 saturated carbocycles. The number of hydrogen-bond acceptors (Lipinski definition) is 1. The van der Waals surface area contributed by atoms with Crippen LogP contribution in [0, 0.1) is 24.2 Å². The van der Waals surface area contributed by atoms with Crippen molar-refractivity contribution in [2.24, 2.45) is 11.8 Å². The molecule has 1 aliphatic rings. The third kappa shape index (κ3) is 1.22. The molecule has 1 heterocycles. The molecule has 2 atom stereocenters. The molecule has 1 nitrogen and oxygen atoms in total. The van der Waals surface area contributed by atoms with Gasteiger partial charge in [0.25, 0.3) is 0 Å². The molecule has 0 bridgehead atoms. The van der Waals surface area contributed by atoms with E-state index in [9.17, 15) is 4.39 Å². The third-order valence-electron chi connectivity index (χ3n) is 1.75. The lowest BCUT2D eigenvalue weighted by Crippen LogP contribution is -2.12. The molecule has 2 heteroatoms. The van der Waals surface area contributed by atoms with E-state index in [0.29, 0.717) is 0 Å². The first-order chi connectivity index (χ1) is 4.38. The first kappa shape index (κ1) is 6.57. The fraction of sp³-hybridized carbons (Fsp3) is 0.714. The van der Waals surface area contributed by atoms with Crippen LogP contribution in [0.15, 0.2) is 0 Å². The van der Waals surface area contributed by atoms with Crippen molar-refractivity contribution >= 4 is 0 Å². The molecule has 0 radical (unpaired) electrons. The number of nitrogens with one attached hydrogen (secondary N) is 1. The molecule has 1 fully saturated rings. The van der Waals surface area contributed by atoms with E-state index in [4.69, 9.17) is 6.42 Å². The normalized spacial score (nSPS) is 34.2. The summed E-state index contributed by atoms with van der Waals surface area (Å²) in [6.45, 7) is 1.23. The van der Waals surface area contributed by atoms with Crippen molar-refractivity contribution in [3.63, 3.8) is 0 Å². The van der Waals surface area contributed by atoms with Gasteiger partial charge in [0.05, 0.1) is 6.67 Å². The van der Waals surface area contributed by atoms with Gasteiger partial charge in [-0.25, -0.2) is 0 Å². The minimum absolute atomic E-state index is 0.0648. The summed E-state index contributed by atoms with van der Waals surface area (Å²) in [7, 11) is 0. The fourth-order valence-corrected chi connectivity index (χ4v) is 1.09. The van der Waals surface area contributed by atoms with Crippen molar-refractivity contribution in [1.82, 2.24) is 5.32 Å². The van der Waals surface area contributed by atoms with Crippen molar-refractivity contribution in [2.45, 2.75) is 0 Å². The molecule has 0 amide bonds. The summed E-state index contributed by atoms with van der Waals surface area (Å²) in [5.74, 6) is 2.75. The van der Waals surface area contributed by atoms with Gasteiger partial charge >= 0.3 is 0 Å². The van der Waals surface area contributed by atoms with E-state index >= 15 is 0 Å². The lowest BCUT2D eigenvalue weighted by molar-refractivity contribution is 0.351. The quantitative estimate of drug-likeness (QED) is 0.503.